The van der Waals surface area contributed by atoms with Crippen molar-refractivity contribution < 1.29 is 19.5 Å². The number of rotatable bonds is 11. The summed E-state index contributed by atoms with van der Waals surface area (Å²) < 4.78 is 0. The van der Waals surface area contributed by atoms with E-state index in [1.807, 2.05) is 0 Å². The number of carboxylic acid groups (broad SMARTS) is 1. The number of nitrogens with two attached hydrogens (primary N) is 1. The molecule has 0 aliphatic carbocycles. The van der Waals surface area contributed by atoms with Crippen molar-refractivity contribution in [2.45, 2.75) is 51.1 Å². The van der Waals surface area contributed by atoms with Crippen molar-refractivity contribution in [3.63, 3.8) is 0 Å². The fourth-order valence-electron chi connectivity index (χ4n) is 1.82. The number of hydrogen-bond acceptors (Lipinski definition) is 5. The third kappa shape index (κ3) is 7.85. The molecule has 2 atom stereocenters. The van der Waals surface area contributed by atoms with Crippen molar-refractivity contribution in [3.8, 4) is 0 Å². The summed E-state index contributed by atoms with van der Waals surface area (Å²) in [4.78, 5) is 34.0. The van der Waals surface area contributed by atoms with Gasteiger partial charge in [-0.05, 0) is 46.2 Å². The van der Waals surface area contributed by atoms with E-state index < -0.39 is 18.1 Å². The Hall–Kier alpha value is -1.47. The van der Waals surface area contributed by atoms with Crippen LogP contribution in [0.1, 0.15) is 39.0 Å². The van der Waals surface area contributed by atoms with Crippen LogP contribution in [0.15, 0.2) is 0 Å². The molecule has 116 valence electrons. The maximum atomic E-state index is 12.0. The smallest absolute Gasteiger partial charge is 0.303 e. The predicted molar refractivity (Wildman–Crippen MR) is 75.2 cm³/mol. The normalized spacial score (nSPS) is 13.6. The monoisotopic (exact) mass is 287 g/mol. The Balaban J connectivity index is 4.39. The van der Waals surface area contributed by atoms with Crippen LogP contribution in [0.3, 0.4) is 0 Å². The molecular formula is C13H25N3O4. The van der Waals surface area contributed by atoms with Gasteiger partial charge in [0.2, 0.25) is 5.91 Å². The van der Waals surface area contributed by atoms with Gasteiger partial charge in [-0.2, -0.15) is 0 Å². The Morgan fingerprint density at radius 2 is 1.80 bits per heavy atom. The summed E-state index contributed by atoms with van der Waals surface area (Å²) in [6.45, 7) is 1.98. The summed E-state index contributed by atoms with van der Waals surface area (Å²) in [5.41, 5.74) is 5.39. The molecule has 20 heavy (non-hydrogen) atoms. The second-order valence-corrected chi connectivity index (χ2v) is 4.73. The minimum absolute atomic E-state index is 0.100. The molecule has 2 unspecified atom stereocenters. The zero-order valence-corrected chi connectivity index (χ0v) is 12.1. The standard InChI is InChI=1S/C13H25N3O4/c1-9(17)10(5-3-4-8-14)16-13(20)11(15-2)6-7-12(18)19/h10-11,15H,3-8,14H2,1-2H3,(H,16,20)(H,18,19). The number of ketones is 1. The molecular weight excluding hydrogens is 262 g/mol. The molecule has 0 heterocycles. The van der Waals surface area contributed by atoms with Crippen molar-refractivity contribution in [1.82, 2.24) is 10.6 Å². The second-order valence-electron chi connectivity index (χ2n) is 4.73. The number of amides is 1. The van der Waals surface area contributed by atoms with E-state index in [0.717, 1.165) is 12.8 Å². The fourth-order valence-corrected chi connectivity index (χ4v) is 1.82. The number of unbranched alkanes of at least 4 members (excludes halogenated alkanes) is 1. The van der Waals surface area contributed by atoms with Crippen LogP contribution in [0.2, 0.25) is 0 Å². The van der Waals surface area contributed by atoms with Gasteiger partial charge in [0.05, 0.1) is 12.1 Å². The first kappa shape index (κ1) is 18.5. The topological polar surface area (TPSA) is 122 Å². The second kappa shape index (κ2) is 10.3. The van der Waals surface area contributed by atoms with Gasteiger partial charge >= 0.3 is 5.97 Å². The Morgan fingerprint density at radius 3 is 2.25 bits per heavy atom. The molecule has 0 aliphatic rings. The van der Waals surface area contributed by atoms with Gasteiger partial charge in [0, 0.05) is 6.42 Å². The molecule has 0 aromatic rings. The Labute approximate surface area is 119 Å². The quantitative estimate of drug-likeness (QED) is 0.385. The SMILES string of the molecule is CNC(CCC(=O)O)C(=O)NC(CCCCN)C(C)=O. The van der Waals surface area contributed by atoms with Crippen LogP contribution < -0.4 is 16.4 Å². The number of carbonyl (C=O) groups is 3. The number of Topliss-reactive ketones (excluding diaryl/α,β-unsaturated/α-hetero) is 1. The Bertz CT molecular complexity index is 334. The van der Waals surface area contributed by atoms with Crippen molar-refractivity contribution in [1.29, 1.82) is 0 Å². The zero-order valence-electron chi connectivity index (χ0n) is 12.1. The lowest BCUT2D eigenvalue weighted by molar-refractivity contribution is -0.137. The highest BCUT2D eigenvalue weighted by atomic mass is 16.4. The van der Waals surface area contributed by atoms with Gasteiger partial charge < -0.3 is 21.5 Å². The van der Waals surface area contributed by atoms with Crippen LogP contribution >= 0.6 is 0 Å². The third-order valence-corrected chi connectivity index (χ3v) is 3.07. The lowest BCUT2D eigenvalue weighted by atomic mass is 10.0. The lowest BCUT2D eigenvalue weighted by Crippen LogP contribution is -2.49. The van der Waals surface area contributed by atoms with Gasteiger partial charge in [0.15, 0.2) is 5.78 Å². The molecule has 7 nitrogen and oxygen atoms in total. The maximum absolute atomic E-state index is 12.0. The molecule has 0 radical (unpaired) electrons. The van der Waals surface area contributed by atoms with E-state index >= 15 is 0 Å². The van der Waals surface area contributed by atoms with Crippen LogP contribution in [-0.4, -0.2) is 48.4 Å². The number of carbonyl (C=O) groups excluding carboxylic acids is 2. The van der Waals surface area contributed by atoms with Crippen molar-refractivity contribution in [2.75, 3.05) is 13.6 Å². The Kier molecular flexibility index (Phi) is 9.57. The number of likely N-dealkylation sites (N-methyl/N-ethyl adjacent to an activating group) is 1. The predicted octanol–water partition coefficient (Wildman–Crippen LogP) is -0.358. The van der Waals surface area contributed by atoms with Crippen molar-refractivity contribution in [3.05, 3.63) is 0 Å². The van der Waals surface area contributed by atoms with Crippen LogP contribution in [0, 0.1) is 0 Å². The van der Waals surface area contributed by atoms with E-state index in [9.17, 15) is 14.4 Å². The first-order valence-corrected chi connectivity index (χ1v) is 6.82. The fraction of sp³-hybridized carbons (Fsp3) is 0.769. The first-order chi connectivity index (χ1) is 9.42. The van der Waals surface area contributed by atoms with E-state index in [1.54, 1.807) is 7.05 Å². The molecule has 1 amide bonds. The molecule has 0 fully saturated rings. The van der Waals surface area contributed by atoms with Gasteiger partial charge in [-0.25, -0.2) is 0 Å². The van der Waals surface area contributed by atoms with Crippen molar-refractivity contribution >= 4 is 17.7 Å². The highest BCUT2D eigenvalue weighted by Crippen LogP contribution is 2.04. The molecule has 0 saturated carbocycles. The van der Waals surface area contributed by atoms with Gasteiger partial charge in [0.1, 0.15) is 0 Å². The van der Waals surface area contributed by atoms with Gasteiger partial charge in [-0.3, -0.25) is 14.4 Å². The minimum atomic E-state index is -0.955. The summed E-state index contributed by atoms with van der Waals surface area (Å²) in [6.07, 6.45) is 2.20. The number of aliphatic carboxylic acids is 1. The summed E-state index contributed by atoms with van der Waals surface area (Å²) in [5.74, 6) is -1.41. The van der Waals surface area contributed by atoms with Crippen LogP contribution in [0.25, 0.3) is 0 Å². The average molecular weight is 287 g/mol. The van der Waals surface area contributed by atoms with E-state index in [-0.39, 0.29) is 24.5 Å². The molecule has 0 spiro atoms. The lowest BCUT2D eigenvalue weighted by Gasteiger charge is -2.20. The van der Waals surface area contributed by atoms with E-state index in [1.165, 1.54) is 6.92 Å². The van der Waals surface area contributed by atoms with Crippen LogP contribution in [-0.2, 0) is 14.4 Å². The summed E-state index contributed by atoms with van der Waals surface area (Å²) >= 11 is 0. The third-order valence-electron chi connectivity index (χ3n) is 3.07. The van der Waals surface area contributed by atoms with Crippen LogP contribution in [0.5, 0.6) is 0 Å². The molecule has 0 rings (SSSR count). The van der Waals surface area contributed by atoms with Gasteiger partial charge in [-0.1, -0.05) is 0 Å². The Morgan fingerprint density at radius 1 is 1.15 bits per heavy atom. The zero-order chi connectivity index (χ0) is 15.5. The summed E-state index contributed by atoms with van der Waals surface area (Å²) in [6, 6.07) is -1.14. The van der Waals surface area contributed by atoms with E-state index in [0.29, 0.717) is 13.0 Å². The molecule has 0 bridgehead atoms. The highest BCUT2D eigenvalue weighted by Gasteiger charge is 2.22. The van der Waals surface area contributed by atoms with Crippen LogP contribution in [0.4, 0.5) is 0 Å². The van der Waals surface area contributed by atoms with E-state index in [2.05, 4.69) is 10.6 Å². The first-order valence-electron chi connectivity index (χ1n) is 6.82. The molecule has 0 aromatic carbocycles. The number of hydrogen-bond donors (Lipinski definition) is 4. The number of nitrogens with one attached hydrogen (secondary N) is 2. The summed E-state index contributed by atoms with van der Waals surface area (Å²) in [7, 11) is 1.59. The molecule has 0 aliphatic heterocycles. The van der Waals surface area contributed by atoms with Gasteiger partial charge in [0.25, 0.3) is 0 Å². The molecule has 7 heteroatoms. The molecule has 0 aromatic heterocycles. The maximum Gasteiger partial charge on any atom is 0.303 e. The van der Waals surface area contributed by atoms with Gasteiger partial charge in [-0.15, -0.1) is 0 Å². The number of carboxylic acids is 1. The summed E-state index contributed by atoms with van der Waals surface area (Å²) in [5, 5.41) is 14.1. The van der Waals surface area contributed by atoms with E-state index in [4.69, 9.17) is 10.8 Å². The molecule has 5 N–H and O–H groups in total. The minimum Gasteiger partial charge on any atom is -0.481 e. The highest BCUT2D eigenvalue weighted by molar-refractivity contribution is 5.89. The van der Waals surface area contributed by atoms with Crippen molar-refractivity contribution in [2.24, 2.45) is 5.73 Å². The average Bonchev–Trinajstić information content (AvgIpc) is 2.37. The molecule has 0 saturated heterocycles. The largest absolute Gasteiger partial charge is 0.481 e.